The Morgan fingerprint density at radius 2 is 2.32 bits per heavy atom. The second-order valence-corrected chi connectivity index (χ2v) is 4.73. The Labute approximate surface area is 124 Å². The Kier molecular flexibility index (Phi) is 6.26. The summed E-state index contributed by atoms with van der Waals surface area (Å²) in [5.41, 5.74) is 0.208. The molecule has 102 valence electrons. The number of halogens is 1. The van der Waals surface area contributed by atoms with Crippen LogP contribution in [0.1, 0.15) is 16.8 Å². The Bertz CT molecular complexity index is 491. The lowest BCUT2D eigenvalue weighted by molar-refractivity contribution is -0.384. The van der Waals surface area contributed by atoms with Crippen molar-refractivity contribution in [3.05, 3.63) is 50.3 Å². The van der Waals surface area contributed by atoms with E-state index in [9.17, 15) is 14.9 Å². The molecule has 0 fully saturated rings. The van der Waals surface area contributed by atoms with Crippen molar-refractivity contribution in [3.8, 4) is 0 Å². The van der Waals surface area contributed by atoms with Crippen molar-refractivity contribution in [1.82, 2.24) is 5.32 Å². The van der Waals surface area contributed by atoms with E-state index in [-0.39, 0.29) is 11.6 Å². The Balaban J connectivity index is 2.63. The van der Waals surface area contributed by atoms with Gasteiger partial charge in [0.25, 0.3) is 11.6 Å². The summed E-state index contributed by atoms with van der Waals surface area (Å²) in [5, 5.41) is 13.3. The number of carbonyl (C=O) groups is 1. The number of hydrogen-bond donors (Lipinski definition) is 1. The molecule has 0 atom stereocenters. The normalized spacial score (nSPS) is 9.74. The van der Waals surface area contributed by atoms with Crippen LogP contribution in [0.25, 0.3) is 0 Å². The van der Waals surface area contributed by atoms with Crippen molar-refractivity contribution >= 4 is 34.2 Å². The van der Waals surface area contributed by atoms with Crippen LogP contribution in [0.15, 0.2) is 31.0 Å². The van der Waals surface area contributed by atoms with E-state index in [4.69, 9.17) is 4.74 Å². The van der Waals surface area contributed by atoms with Gasteiger partial charge in [0.15, 0.2) is 0 Å². The zero-order chi connectivity index (χ0) is 14.3. The summed E-state index contributed by atoms with van der Waals surface area (Å²) in [6, 6.07) is 4.20. The molecule has 0 saturated carbocycles. The van der Waals surface area contributed by atoms with Gasteiger partial charge in [0.2, 0.25) is 0 Å². The average Bonchev–Trinajstić information content (AvgIpc) is 2.38. The molecule has 6 nitrogen and oxygen atoms in total. The molecule has 0 aliphatic heterocycles. The number of nitro benzene ring substituents is 1. The number of carbonyl (C=O) groups excluding carboxylic acids is 1. The van der Waals surface area contributed by atoms with Crippen molar-refractivity contribution < 1.29 is 14.5 Å². The fourth-order valence-electron chi connectivity index (χ4n) is 1.34. The summed E-state index contributed by atoms with van der Waals surface area (Å²) in [5.74, 6) is -0.327. The average molecular weight is 376 g/mol. The van der Waals surface area contributed by atoms with Crippen LogP contribution in [0.2, 0.25) is 0 Å². The van der Waals surface area contributed by atoms with Crippen LogP contribution >= 0.6 is 22.6 Å². The zero-order valence-electron chi connectivity index (χ0n) is 10.1. The Morgan fingerprint density at radius 3 is 2.95 bits per heavy atom. The molecule has 0 aliphatic rings. The topological polar surface area (TPSA) is 81.5 Å². The maximum atomic E-state index is 11.9. The fourth-order valence-corrected chi connectivity index (χ4v) is 1.92. The summed E-state index contributed by atoms with van der Waals surface area (Å²) >= 11 is 1.97. The highest BCUT2D eigenvalue weighted by Crippen LogP contribution is 2.19. The molecule has 1 aromatic carbocycles. The van der Waals surface area contributed by atoms with Gasteiger partial charge in [0.1, 0.15) is 0 Å². The van der Waals surface area contributed by atoms with Gasteiger partial charge in [-0.15, -0.1) is 0 Å². The van der Waals surface area contributed by atoms with Gasteiger partial charge in [0.05, 0.1) is 23.4 Å². The van der Waals surface area contributed by atoms with Gasteiger partial charge in [0, 0.05) is 22.2 Å². The molecule has 0 aromatic heterocycles. The lowest BCUT2D eigenvalue weighted by atomic mass is 10.2. The van der Waals surface area contributed by atoms with Crippen molar-refractivity contribution in [2.24, 2.45) is 0 Å². The molecule has 1 aromatic rings. The van der Waals surface area contributed by atoms with Crippen LogP contribution in [0.3, 0.4) is 0 Å². The van der Waals surface area contributed by atoms with E-state index in [1.807, 2.05) is 22.6 Å². The number of ether oxygens (including phenoxy) is 1. The number of non-ortho nitro benzene ring substituents is 1. The van der Waals surface area contributed by atoms with E-state index < -0.39 is 4.92 Å². The third kappa shape index (κ3) is 4.86. The molecular weight excluding hydrogens is 363 g/mol. The van der Waals surface area contributed by atoms with E-state index in [1.54, 1.807) is 6.07 Å². The predicted octanol–water partition coefficient (Wildman–Crippen LogP) is 2.48. The molecule has 19 heavy (non-hydrogen) atoms. The van der Waals surface area contributed by atoms with E-state index in [1.165, 1.54) is 18.4 Å². The van der Waals surface area contributed by atoms with Crippen molar-refractivity contribution in [1.29, 1.82) is 0 Å². The van der Waals surface area contributed by atoms with Crippen LogP contribution < -0.4 is 5.32 Å². The lowest BCUT2D eigenvalue weighted by Gasteiger charge is -2.06. The standard InChI is InChI=1S/C12H13IN2O4/c1-2-19-7-3-6-14-12(16)10-8-9(15(17)18)4-5-11(10)13/h2,4-5,8H,1,3,6-7H2,(H,14,16). The first-order valence-electron chi connectivity index (χ1n) is 5.51. The molecule has 0 bridgehead atoms. The van der Waals surface area contributed by atoms with E-state index in [0.29, 0.717) is 28.7 Å². The lowest BCUT2D eigenvalue weighted by Crippen LogP contribution is -2.26. The second kappa shape index (κ2) is 7.72. The van der Waals surface area contributed by atoms with Crippen molar-refractivity contribution in [3.63, 3.8) is 0 Å². The first-order valence-corrected chi connectivity index (χ1v) is 6.58. The molecule has 0 heterocycles. The van der Waals surface area contributed by atoms with E-state index in [2.05, 4.69) is 11.9 Å². The van der Waals surface area contributed by atoms with Crippen LogP contribution in [-0.2, 0) is 4.74 Å². The van der Waals surface area contributed by atoms with Gasteiger partial charge >= 0.3 is 0 Å². The fraction of sp³-hybridized carbons (Fsp3) is 0.250. The Hall–Kier alpha value is -1.64. The summed E-state index contributed by atoms with van der Waals surface area (Å²) in [7, 11) is 0. The number of hydrogen-bond acceptors (Lipinski definition) is 4. The molecule has 0 unspecified atom stereocenters. The molecule has 0 aliphatic carbocycles. The third-order valence-electron chi connectivity index (χ3n) is 2.25. The molecule has 1 amide bonds. The maximum Gasteiger partial charge on any atom is 0.270 e. The first-order chi connectivity index (χ1) is 9.06. The van der Waals surface area contributed by atoms with Crippen LogP contribution in [0, 0.1) is 13.7 Å². The van der Waals surface area contributed by atoms with Gasteiger partial charge in [-0.25, -0.2) is 0 Å². The smallest absolute Gasteiger partial charge is 0.270 e. The number of amides is 1. The summed E-state index contributed by atoms with van der Waals surface area (Å²) in [4.78, 5) is 22.0. The minimum absolute atomic E-state index is 0.0967. The van der Waals surface area contributed by atoms with Gasteiger partial charge < -0.3 is 10.1 Å². The molecule has 1 rings (SSSR count). The summed E-state index contributed by atoms with van der Waals surface area (Å²) < 4.78 is 5.59. The van der Waals surface area contributed by atoms with Gasteiger partial charge in [-0.05, 0) is 35.1 Å². The van der Waals surface area contributed by atoms with Gasteiger partial charge in [-0.1, -0.05) is 6.58 Å². The molecular formula is C12H13IN2O4. The largest absolute Gasteiger partial charge is 0.502 e. The highest BCUT2D eigenvalue weighted by Gasteiger charge is 2.14. The zero-order valence-corrected chi connectivity index (χ0v) is 12.3. The maximum absolute atomic E-state index is 11.9. The van der Waals surface area contributed by atoms with Gasteiger partial charge in [-0.2, -0.15) is 0 Å². The van der Waals surface area contributed by atoms with Crippen LogP contribution in [0.4, 0.5) is 5.69 Å². The highest BCUT2D eigenvalue weighted by atomic mass is 127. The van der Waals surface area contributed by atoms with Crippen LogP contribution in [0.5, 0.6) is 0 Å². The molecule has 0 saturated heterocycles. The molecule has 0 radical (unpaired) electrons. The SMILES string of the molecule is C=COCCCNC(=O)c1cc([N+](=O)[O-])ccc1I. The molecule has 7 heteroatoms. The second-order valence-electron chi connectivity index (χ2n) is 3.57. The van der Waals surface area contributed by atoms with Gasteiger partial charge in [-0.3, -0.25) is 14.9 Å². The number of rotatable bonds is 7. The summed E-state index contributed by atoms with van der Waals surface area (Å²) in [6.07, 6.45) is 1.98. The number of nitrogens with one attached hydrogen (secondary N) is 1. The quantitative estimate of drug-likeness (QED) is 0.261. The first kappa shape index (κ1) is 15.4. The van der Waals surface area contributed by atoms with E-state index >= 15 is 0 Å². The molecule has 1 N–H and O–H groups in total. The van der Waals surface area contributed by atoms with Crippen LogP contribution in [-0.4, -0.2) is 24.0 Å². The van der Waals surface area contributed by atoms with E-state index in [0.717, 1.165) is 0 Å². The monoisotopic (exact) mass is 376 g/mol. The number of nitro groups is 1. The number of nitrogens with zero attached hydrogens (tertiary/aromatic N) is 1. The highest BCUT2D eigenvalue weighted by molar-refractivity contribution is 14.1. The van der Waals surface area contributed by atoms with Crippen molar-refractivity contribution in [2.75, 3.05) is 13.2 Å². The predicted molar refractivity (Wildman–Crippen MR) is 78.9 cm³/mol. The minimum atomic E-state index is -0.523. The number of benzene rings is 1. The molecule has 0 spiro atoms. The minimum Gasteiger partial charge on any atom is -0.502 e. The third-order valence-corrected chi connectivity index (χ3v) is 3.19. The summed E-state index contributed by atoms with van der Waals surface area (Å²) in [6.45, 7) is 4.31. The van der Waals surface area contributed by atoms with Crippen molar-refractivity contribution in [2.45, 2.75) is 6.42 Å². The Morgan fingerprint density at radius 1 is 1.58 bits per heavy atom.